The first-order chi connectivity index (χ1) is 8.00. The fraction of sp³-hybridized carbons (Fsp3) is 0.333. The van der Waals surface area contributed by atoms with E-state index in [1.807, 2.05) is 6.92 Å². The summed E-state index contributed by atoms with van der Waals surface area (Å²) in [5, 5.41) is 9.01. The van der Waals surface area contributed by atoms with E-state index >= 15 is 0 Å². The fourth-order valence-corrected chi connectivity index (χ4v) is 1.65. The van der Waals surface area contributed by atoms with Gasteiger partial charge < -0.3 is 10.8 Å². The third kappa shape index (κ3) is 2.22. The molecule has 0 aromatic heterocycles. The number of hydrogen-bond donors (Lipinski definition) is 2. The highest BCUT2D eigenvalue weighted by Gasteiger charge is 2.37. The maximum absolute atomic E-state index is 12.0. The number of carbonyl (C=O) groups is 2. The number of carboxylic acid groups (broad SMARTS) is 1. The Kier molecular flexibility index (Phi) is 2.75. The molecule has 5 heteroatoms. The first-order valence-electron chi connectivity index (χ1n) is 5.43. The summed E-state index contributed by atoms with van der Waals surface area (Å²) < 4.78 is 0. The molecule has 0 heterocycles. The molecule has 0 radical (unpaired) electrons. The van der Waals surface area contributed by atoms with Crippen LogP contribution >= 0.6 is 0 Å². The minimum Gasteiger partial charge on any atom is -0.465 e. The van der Waals surface area contributed by atoms with Crippen LogP contribution in [0, 0.1) is 6.92 Å². The molecule has 17 heavy (non-hydrogen) atoms. The molecule has 1 fully saturated rings. The first kappa shape index (κ1) is 11.4. The Labute approximate surface area is 98.8 Å². The van der Waals surface area contributed by atoms with Crippen molar-refractivity contribution in [1.82, 2.24) is 4.90 Å². The zero-order valence-corrected chi connectivity index (χ0v) is 9.51. The van der Waals surface area contributed by atoms with E-state index in [1.165, 1.54) is 6.07 Å². The van der Waals surface area contributed by atoms with Gasteiger partial charge in [0.2, 0.25) is 0 Å². The summed E-state index contributed by atoms with van der Waals surface area (Å²) in [7, 11) is 0. The van der Waals surface area contributed by atoms with Crippen LogP contribution in [-0.4, -0.2) is 28.0 Å². The zero-order valence-electron chi connectivity index (χ0n) is 9.51. The zero-order chi connectivity index (χ0) is 12.6. The number of amides is 2. The van der Waals surface area contributed by atoms with Crippen molar-refractivity contribution in [3.05, 3.63) is 29.3 Å². The summed E-state index contributed by atoms with van der Waals surface area (Å²) in [6.07, 6.45) is 0.301. The van der Waals surface area contributed by atoms with Gasteiger partial charge in [-0.15, -0.1) is 0 Å². The summed E-state index contributed by atoms with van der Waals surface area (Å²) in [6.45, 7) is 1.83. The molecular weight excluding hydrogens is 220 g/mol. The molecular formula is C12H14N2O3. The van der Waals surface area contributed by atoms with Crippen molar-refractivity contribution in [3.8, 4) is 0 Å². The van der Waals surface area contributed by atoms with Gasteiger partial charge in [0.25, 0.3) is 5.91 Å². The van der Waals surface area contributed by atoms with Crippen LogP contribution in [-0.2, 0) is 0 Å². The summed E-state index contributed by atoms with van der Waals surface area (Å²) in [5.41, 5.74) is 7.40. The first-order valence-corrected chi connectivity index (χ1v) is 5.43. The topological polar surface area (TPSA) is 83.6 Å². The number of benzene rings is 1. The van der Waals surface area contributed by atoms with Crippen LogP contribution in [0.3, 0.4) is 0 Å². The van der Waals surface area contributed by atoms with E-state index in [0.717, 1.165) is 23.3 Å². The molecule has 0 saturated heterocycles. The Balaban J connectivity index is 2.28. The van der Waals surface area contributed by atoms with Crippen molar-refractivity contribution < 1.29 is 14.7 Å². The highest BCUT2D eigenvalue weighted by atomic mass is 16.4. The Morgan fingerprint density at radius 2 is 2.06 bits per heavy atom. The number of nitrogens with two attached hydrogens (primary N) is 1. The second-order valence-corrected chi connectivity index (χ2v) is 4.26. The lowest BCUT2D eigenvalue weighted by atomic mass is 10.1. The number of nitrogen functional groups attached to an aromatic ring is 1. The van der Waals surface area contributed by atoms with E-state index in [9.17, 15) is 9.59 Å². The molecule has 2 rings (SSSR count). The number of aryl methyl sites for hydroxylation is 1. The molecule has 1 aromatic rings. The summed E-state index contributed by atoms with van der Waals surface area (Å²) in [4.78, 5) is 23.9. The average Bonchev–Trinajstić information content (AvgIpc) is 3.06. The lowest BCUT2D eigenvalue weighted by Crippen LogP contribution is -2.37. The molecule has 5 nitrogen and oxygen atoms in total. The van der Waals surface area contributed by atoms with E-state index in [-0.39, 0.29) is 6.04 Å². The van der Waals surface area contributed by atoms with Crippen molar-refractivity contribution in [3.63, 3.8) is 0 Å². The molecule has 0 atom stereocenters. The molecule has 3 N–H and O–H groups in total. The SMILES string of the molecule is Cc1ccc(C(=O)N(C(=O)O)C2CC2)cc1N. The standard InChI is InChI=1S/C12H14N2O3/c1-7-2-3-8(6-10(7)13)11(15)14(12(16)17)9-4-5-9/h2-3,6,9H,4-5,13H2,1H3,(H,16,17). The predicted octanol–water partition coefficient (Wildman–Crippen LogP) is 1.86. The van der Waals surface area contributed by atoms with Gasteiger partial charge in [0.1, 0.15) is 0 Å². The van der Waals surface area contributed by atoms with Crippen LogP contribution < -0.4 is 5.73 Å². The number of carbonyl (C=O) groups excluding carboxylic acids is 1. The summed E-state index contributed by atoms with van der Waals surface area (Å²) >= 11 is 0. The van der Waals surface area contributed by atoms with Gasteiger partial charge in [0, 0.05) is 17.3 Å². The molecule has 2 amide bonds. The highest BCUT2D eigenvalue weighted by Crippen LogP contribution is 2.28. The maximum Gasteiger partial charge on any atom is 0.414 e. The van der Waals surface area contributed by atoms with Crippen LogP contribution in [0.4, 0.5) is 10.5 Å². The van der Waals surface area contributed by atoms with E-state index < -0.39 is 12.0 Å². The molecule has 0 spiro atoms. The van der Waals surface area contributed by atoms with Gasteiger partial charge >= 0.3 is 6.09 Å². The molecule has 1 aromatic carbocycles. The number of imide groups is 1. The molecule has 1 aliphatic carbocycles. The quantitative estimate of drug-likeness (QED) is 0.765. The Morgan fingerprint density at radius 1 is 1.41 bits per heavy atom. The van der Waals surface area contributed by atoms with Crippen molar-refractivity contribution in [2.45, 2.75) is 25.8 Å². The number of hydrogen-bond acceptors (Lipinski definition) is 3. The number of anilines is 1. The van der Waals surface area contributed by atoms with Crippen molar-refractivity contribution in [2.24, 2.45) is 0 Å². The lowest BCUT2D eigenvalue weighted by molar-refractivity contribution is 0.0730. The van der Waals surface area contributed by atoms with Gasteiger partial charge in [0.15, 0.2) is 0 Å². The van der Waals surface area contributed by atoms with Crippen molar-refractivity contribution in [1.29, 1.82) is 0 Å². The predicted molar refractivity (Wildman–Crippen MR) is 62.8 cm³/mol. The third-order valence-corrected chi connectivity index (χ3v) is 2.86. The van der Waals surface area contributed by atoms with Gasteiger partial charge in [-0.3, -0.25) is 4.79 Å². The highest BCUT2D eigenvalue weighted by molar-refractivity contribution is 6.03. The molecule has 1 aliphatic rings. The van der Waals surface area contributed by atoms with E-state index in [2.05, 4.69) is 0 Å². The number of nitrogens with zero attached hydrogens (tertiary/aromatic N) is 1. The van der Waals surface area contributed by atoms with Crippen LogP contribution in [0.5, 0.6) is 0 Å². The van der Waals surface area contributed by atoms with Crippen LogP contribution in [0.2, 0.25) is 0 Å². The Hall–Kier alpha value is -2.04. The summed E-state index contributed by atoms with van der Waals surface area (Å²) in [6, 6.07) is 4.68. The van der Waals surface area contributed by atoms with Crippen LogP contribution in [0.15, 0.2) is 18.2 Å². The average molecular weight is 234 g/mol. The second kappa shape index (κ2) is 4.08. The minimum absolute atomic E-state index is 0.164. The lowest BCUT2D eigenvalue weighted by Gasteiger charge is -2.16. The largest absolute Gasteiger partial charge is 0.465 e. The monoisotopic (exact) mass is 234 g/mol. The van der Waals surface area contributed by atoms with E-state index in [1.54, 1.807) is 12.1 Å². The van der Waals surface area contributed by atoms with Gasteiger partial charge in [-0.2, -0.15) is 0 Å². The third-order valence-electron chi connectivity index (χ3n) is 2.86. The van der Waals surface area contributed by atoms with Gasteiger partial charge in [0.05, 0.1) is 0 Å². The molecule has 0 unspecified atom stereocenters. The smallest absolute Gasteiger partial charge is 0.414 e. The molecule has 90 valence electrons. The second-order valence-electron chi connectivity index (χ2n) is 4.26. The minimum atomic E-state index is -1.20. The van der Waals surface area contributed by atoms with Gasteiger partial charge in [-0.1, -0.05) is 6.07 Å². The van der Waals surface area contributed by atoms with Crippen molar-refractivity contribution in [2.75, 3.05) is 5.73 Å². The van der Waals surface area contributed by atoms with Crippen molar-refractivity contribution >= 4 is 17.7 Å². The Morgan fingerprint density at radius 3 is 2.53 bits per heavy atom. The van der Waals surface area contributed by atoms with E-state index in [0.29, 0.717) is 11.3 Å². The normalized spacial score (nSPS) is 14.4. The number of rotatable bonds is 2. The Bertz CT molecular complexity index is 481. The molecule has 1 saturated carbocycles. The van der Waals surface area contributed by atoms with Gasteiger partial charge in [-0.25, -0.2) is 9.69 Å². The maximum atomic E-state index is 12.0. The fourth-order valence-electron chi connectivity index (χ4n) is 1.65. The molecule has 0 aliphatic heterocycles. The molecule has 0 bridgehead atoms. The van der Waals surface area contributed by atoms with Crippen LogP contribution in [0.1, 0.15) is 28.8 Å². The van der Waals surface area contributed by atoms with Crippen LogP contribution in [0.25, 0.3) is 0 Å². The van der Waals surface area contributed by atoms with Gasteiger partial charge in [-0.05, 0) is 37.5 Å². The van der Waals surface area contributed by atoms with E-state index in [4.69, 9.17) is 10.8 Å². The summed E-state index contributed by atoms with van der Waals surface area (Å²) in [5.74, 6) is -0.494.